The van der Waals surface area contributed by atoms with Crippen LogP contribution in [0.15, 0.2) is 48.8 Å². The molecule has 1 aliphatic rings. The molecule has 1 aromatic carbocycles. The molecule has 0 bridgehead atoms. The molecule has 1 aliphatic heterocycles. The Morgan fingerprint density at radius 3 is 2.48 bits per heavy atom. The van der Waals surface area contributed by atoms with Crippen LogP contribution >= 0.6 is 23.2 Å². The maximum absolute atomic E-state index is 14.6. The molecular formula is C18H14Cl2F2N2O. The minimum absolute atomic E-state index is 0.122. The van der Waals surface area contributed by atoms with Crippen molar-refractivity contribution < 1.29 is 13.6 Å². The van der Waals surface area contributed by atoms with Crippen molar-refractivity contribution in [3.05, 3.63) is 71.6 Å². The molecular weight excluding hydrogens is 369 g/mol. The third-order valence-electron chi connectivity index (χ3n) is 4.13. The number of likely N-dealkylation sites (N-methyl/N-ethyl adjacent to an activating group) is 1. The first-order valence-electron chi connectivity index (χ1n) is 7.62. The normalized spacial score (nSPS) is 23.6. The summed E-state index contributed by atoms with van der Waals surface area (Å²) in [5.74, 6) is -2.21. The topological polar surface area (TPSA) is 33.2 Å². The maximum atomic E-state index is 14.6. The fourth-order valence-electron chi connectivity index (χ4n) is 3.04. The monoisotopic (exact) mass is 382 g/mol. The van der Waals surface area contributed by atoms with Gasteiger partial charge in [0, 0.05) is 24.5 Å². The first kappa shape index (κ1) is 17.8. The van der Waals surface area contributed by atoms with Crippen molar-refractivity contribution in [1.29, 1.82) is 0 Å². The Hall–Kier alpha value is -1.98. The number of carbonyl (C=O) groups is 1. The molecule has 3 nitrogen and oxygen atoms in total. The summed E-state index contributed by atoms with van der Waals surface area (Å²) >= 11 is 13.0. The zero-order valence-corrected chi connectivity index (χ0v) is 14.7. The molecule has 0 saturated heterocycles. The van der Waals surface area contributed by atoms with Gasteiger partial charge in [-0.2, -0.15) is 0 Å². The minimum Gasteiger partial charge on any atom is -0.314 e. The third kappa shape index (κ3) is 2.81. The van der Waals surface area contributed by atoms with Crippen molar-refractivity contribution in [2.24, 2.45) is 0 Å². The van der Waals surface area contributed by atoms with Crippen LogP contribution in [-0.2, 0) is 9.79 Å². The molecule has 130 valence electrons. The van der Waals surface area contributed by atoms with Crippen molar-refractivity contribution in [3.63, 3.8) is 0 Å². The van der Waals surface area contributed by atoms with Crippen LogP contribution in [0.3, 0.4) is 0 Å². The van der Waals surface area contributed by atoms with Crippen molar-refractivity contribution in [2.45, 2.75) is 17.3 Å². The summed E-state index contributed by atoms with van der Waals surface area (Å²) in [6.45, 7) is 1.79. The first-order valence-corrected chi connectivity index (χ1v) is 8.44. The summed E-state index contributed by atoms with van der Waals surface area (Å²) in [6.07, 6.45) is 4.49. The van der Waals surface area contributed by atoms with Crippen LogP contribution in [0.5, 0.6) is 0 Å². The molecule has 2 atom stereocenters. The summed E-state index contributed by atoms with van der Waals surface area (Å²) in [7, 11) is 0. The standard InChI is InChI=1S/C18H14Cl2F2N2O/c1-2-24-17(25)13(19)9-12(11-5-4-8-23-10-11)18(24,20)16-14(21)6-3-7-15(16)22/h3-10,13H,2H2,1H3. The van der Waals surface area contributed by atoms with E-state index in [0.29, 0.717) is 11.1 Å². The van der Waals surface area contributed by atoms with E-state index in [-0.39, 0.29) is 6.54 Å². The minimum atomic E-state index is -1.87. The van der Waals surface area contributed by atoms with Crippen LogP contribution in [0.2, 0.25) is 0 Å². The number of halogens is 4. The van der Waals surface area contributed by atoms with Crippen LogP contribution in [0.25, 0.3) is 5.57 Å². The van der Waals surface area contributed by atoms with Gasteiger partial charge in [-0.3, -0.25) is 9.78 Å². The predicted molar refractivity (Wildman–Crippen MR) is 93.1 cm³/mol. The van der Waals surface area contributed by atoms with Gasteiger partial charge in [-0.1, -0.05) is 23.7 Å². The summed E-state index contributed by atoms with van der Waals surface area (Å²) in [5.41, 5.74) is 0.426. The van der Waals surface area contributed by atoms with E-state index in [9.17, 15) is 13.6 Å². The Balaban J connectivity index is 2.34. The maximum Gasteiger partial charge on any atom is 0.246 e. The molecule has 0 N–H and O–H groups in total. The molecule has 0 spiro atoms. The van der Waals surface area contributed by atoms with E-state index in [4.69, 9.17) is 23.2 Å². The second-order valence-electron chi connectivity index (χ2n) is 5.53. The highest BCUT2D eigenvalue weighted by Crippen LogP contribution is 2.50. The lowest BCUT2D eigenvalue weighted by molar-refractivity contribution is -0.132. The number of benzene rings is 1. The van der Waals surface area contributed by atoms with Gasteiger partial charge < -0.3 is 4.90 Å². The fourth-order valence-corrected chi connectivity index (χ4v) is 3.84. The van der Waals surface area contributed by atoms with Crippen LogP contribution in [0, 0.1) is 11.6 Å². The Morgan fingerprint density at radius 2 is 1.92 bits per heavy atom. The third-order valence-corrected chi connectivity index (χ3v) is 5.04. The van der Waals surface area contributed by atoms with Gasteiger partial charge in [0.25, 0.3) is 0 Å². The van der Waals surface area contributed by atoms with Gasteiger partial charge in [0.1, 0.15) is 17.0 Å². The lowest BCUT2D eigenvalue weighted by Crippen LogP contribution is -2.53. The number of pyridine rings is 1. The van der Waals surface area contributed by atoms with Crippen molar-refractivity contribution in [1.82, 2.24) is 9.88 Å². The van der Waals surface area contributed by atoms with Crippen LogP contribution in [0.4, 0.5) is 8.78 Å². The van der Waals surface area contributed by atoms with Gasteiger partial charge in [0.2, 0.25) is 5.91 Å². The van der Waals surface area contributed by atoms with Crippen LogP contribution in [0.1, 0.15) is 18.1 Å². The van der Waals surface area contributed by atoms with Gasteiger partial charge in [-0.15, -0.1) is 11.6 Å². The first-order chi connectivity index (χ1) is 11.9. The van der Waals surface area contributed by atoms with E-state index < -0.39 is 33.5 Å². The van der Waals surface area contributed by atoms with Crippen LogP contribution < -0.4 is 0 Å². The SMILES string of the molecule is CCN1C(=O)C(Cl)C=C(c2cccnc2)C1(Cl)c1c(F)cccc1F. The van der Waals surface area contributed by atoms with Gasteiger partial charge in [0.05, 0.1) is 5.56 Å². The van der Waals surface area contributed by atoms with E-state index in [1.54, 1.807) is 25.3 Å². The number of carbonyl (C=O) groups excluding carboxylic acids is 1. The number of aromatic nitrogens is 1. The van der Waals surface area contributed by atoms with Gasteiger partial charge >= 0.3 is 0 Å². The highest BCUT2D eigenvalue weighted by Gasteiger charge is 2.50. The number of hydrogen-bond acceptors (Lipinski definition) is 2. The number of rotatable bonds is 3. The summed E-state index contributed by atoms with van der Waals surface area (Å²) in [6, 6.07) is 6.82. The van der Waals surface area contributed by atoms with E-state index in [2.05, 4.69) is 4.98 Å². The highest BCUT2D eigenvalue weighted by molar-refractivity contribution is 6.37. The van der Waals surface area contributed by atoms with Gasteiger partial charge in [0.15, 0.2) is 5.00 Å². The van der Waals surface area contributed by atoms with E-state index in [1.807, 2.05) is 0 Å². The summed E-state index contributed by atoms with van der Waals surface area (Å²) in [4.78, 5) is 15.9. The molecule has 1 amide bonds. The number of hydrogen-bond donors (Lipinski definition) is 0. The van der Waals surface area contributed by atoms with E-state index in [1.165, 1.54) is 23.2 Å². The highest BCUT2D eigenvalue weighted by atomic mass is 35.5. The zero-order valence-electron chi connectivity index (χ0n) is 13.2. The van der Waals surface area contributed by atoms with E-state index in [0.717, 1.165) is 12.1 Å². The van der Waals surface area contributed by atoms with E-state index >= 15 is 0 Å². The average Bonchev–Trinajstić information content (AvgIpc) is 2.59. The molecule has 0 radical (unpaired) electrons. The Morgan fingerprint density at radius 1 is 1.24 bits per heavy atom. The molecule has 25 heavy (non-hydrogen) atoms. The lowest BCUT2D eigenvalue weighted by Gasteiger charge is -2.44. The molecule has 7 heteroatoms. The Kier molecular flexibility index (Phi) is 4.80. The molecule has 0 aliphatic carbocycles. The number of nitrogens with zero attached hydrogens (tertiary/aromatic N) is 2. The second-order valence-corrected chi connectivity index (χ2v) is 6.54. The van der Waals surface area contributed by atoms with Gasteiger partial charge in [-0.05, 0) is 36.8 Å². The van der Waals surface area contributed by atoms with Crippen molar-refractivity contribution in [3.8, 4) is 0 Å². The predicted octanol–water partition coefficient (Wildman–Crippen LogP) is 4.30. The lowest BCUT2D eigenvalue weighted by atomic mass is 9.87. The van der Waals surface area contributed by atoms with Crippen LogP contribution in [-0.4, -0.2) is 27.7 Å². The molecule has 2 heterocycles. The molecule has 2 aromatic rings. The fraction of sp³-hybridized carbons (Fsp3) is 0.222. The largest absolute Gasteiger partial charge is 0.314 e. The molecule has 3 rings (SSSR count). The smallest absolute Gasteiger partial charge is 0.246 e. The molecule has 0 saturated carbocycles. The molecule has 1 aromatic heterocycles. The second kappa shape index (κ2) is 6.73. The molecule has 2 unspecified atom stereocenters. The number of alkyl halides is 2. The average molecular weight is 383 g/mol. The van der Waals surface area contributed by atoms with Crippen molar-refractivity contribution in [2.75, 3.05) is 6.54 Å². The number of amides is 1. The Labute approximate surface area is 153 Å². The van der Waals surface area contributed by atoms with Crippen molar-refractivity contribution >= 4 is 34.7 Å². The summed E-state index contributed by atoms with van der Waals surface area (Å²) < 4.78 is 29.1. The quantitative estimate of drug-likeness (QED) is 0.585. The zero-order chi connectivity index (χ0) is 18.2. The van der Waals surface area contributed by atoms with Gasteiger partial charge in [-0.25, -0.2) is 8.78 Å². The Bertz CT molecular complexity index is 824. The summed E-state index contributed by atoms with van der Waals surface area (Å²) in [5, 5.41) is -0.989. The molecule has 0 fully saturated rings.